The second-order valence-corrected chi connectivity index (χ2v) is 6.13. The Morgan fingerprint density at radius 3 is 2.70 bits per heavy atom. The van der Waals surface area contributed by atoms with E-state index in [0.29, 0.717) is 5.92 Å². The summed E-state index contributed by atoms with van der Waals surface area (Å²) in [5, 5.41) is 6.52. The van der Waals surface area contributed by atoms with Gasteiger partial charge in [0.15, 0.2) is 0 Å². The summed E-state index contributed by atoms with van der Waals surface area (Å²) in [7, 11) is 0. The third kappa shape index (κ3) is 5.80. The standard InChI is InChI=1S/C16H33N3O/c1-5-19(6-2)12-8-10-14(4)18-16(20)15-13(3)9-7-11-17-15/h13-15,17H,5-12H2,1-4H3,(H,18,20). The summed E-state index contributed by atoms with van der Waals surface area (Å²) in [5.74, 6) is 0.638. The number of carbonyl (C=O) groups excluding carboxylic acids is 1. The SMILES string of the molecule is CCN(CC)CCCC(C)NC(=O)C1NCCCC1C. The second kappa shape index (κ2) is 9.35. The van der Waals surface area contributed by atoms with Gasteiger partial charge in [-0.25, -0.2) is 0 Å². The summed E-state index contributed by atoms with van der Waals surface area (Å²) in [6.07, 6.45) is 4.55. The van der Waals surface area contributed by atoms with Crippen LogP contribution in [0.5, 0.6) is 0 Å². The maximum absolute atomic E-state index is 12.2. The van der Waals surface area contributed by atoms with Crippen LogP contribution in [0.15, 0.2) is 0 Å². The maximum atomic E-state index is 12.2. The van der Waals surface area contributed by atoms with Crippen molar-refractivity contribution in [1.29, 1.82) is 0 Å². The number of amides is 1. The van der Waals surface area contributed by atoms with E-state index in [2.05, 4.69) is 43.2 Å². The molecule has 1 saturated heterocycles. The van der Waals surface area contributed by atoms with E-state index in [1.807, 2.05) is 0 Å². The van der Waals surface area contributed by atoms with Crippen molar-refractivity contribution in [1.82, 2.24) is 15.5 Å². The Labute approximate surface area is 124 Å². The van der Waals surface area contributed by atoms with Gasteiger partial charge in [0.2, 0.25) is 5.91 Å². The molecular weight excluding hydrogens is 250 g/mol. The summed E-state index contributed by atoms with van der Waals surface area (Å²) in [6, 6.07) is 0.281. The zero-order chi connectivity index (χ0) is 15.0. The first kappa shape index (κ1) is 17.4. The van der Waals surface area contributed by atoms with Crippen molar-refractivity contribution in [3.05, 3.63) is 0 Å². The van der Waals surface area contributed by atoms with Crippen molar-refractivity contribution >= 4 is 5.91 Å². The molecule has 3 atom stereocenters. The Morgan fingerprint density at radius 1 is 1.40 bits per heavy atom. The van der Waals surface area contributed by atoms with Crippen molar-refractivity contribution < 1.29 is 4.79 Å². The lowest BCUT2D eigenvalue weighted by Gasteiger charge is -2.30. The molecule has 1 fully saturated rings. The lowest BCUT2D eigenvalue weighted by Crippen LogP contribution is -2.52. The molecule has 0 spiro atoms. The number of nitrogens with one attached hydrogen (secondary N) is 2. The minimum Gasteiger partial charge on any atom is -0.352 e. The lowest BCUT2D eigenvalue weighted by molar-refractivity contribution is -0.125. The highest BCUT2D eigenvalue weighted by Gasteiger charge is 2.27. The van der Waals surface area contributed by atoms with Gasteiger partial charge in [0.05, 0.1) is 6.04 Å². The fourth-order valence-corrected chi connectivity index (χ4v) is 2.97. The van der Waals surface area contributed by atoms with Crippen LogP contribution in [0.1, 0.15) is 53.4 Å². The number of carbonyl (C=O) groups is 1. The predicted molar refractivity (Wildman–Crippen MR) is 84.8 cm³/mol. The van der Waals surface area contributed by atoms with E-state index in [1.54, 1.807) is 0 Å². The van der Waals surface area contributed by atoms with Crippen molar-refractivity contribution in [3.8, 4) is 0 Å². The third-order valence-electron chi connectivity index (χ3n) is 4.45. The molecule has 0 aliphatic carbocycles. The van der Waals surface area contributed by atoms with Crippen LogP contribution in [-0.2, 0) is 4.79 Å². The monoisotopic (exact) mass is 283 g/mol. The van der Waals surface area contributed by atoms with E-state index in [0.717, 1.165) is 45.4 Å². The molecule has 1 amide bonds. The summed E-state index contributed by atoms with van der Waals surface area (Å²) >= 11 is 0. The topological polar surface area (TPSA) is 44.4 Å². The number of hydrogen-bond acceptors (Lipinski definition) is 3. The molecule has 1 aliphatic heterocycles. The van der Waals surface area contributed by atoms with Crippen LogP contribution in [-0.4, -0.2) is 49.1 Å². The van der Waals surface area contributed by atoms with E-state index in [1.165, 1.54) is 6.42 Å². The molecule has 1 rings (SSSR count). The van der Waals surface area contributed by atoms with Crippen LogP contribution in [0.3, 0.4) is 0 Å². The molecule has 0 aromatic rings. The molecule has 118 valence electrons. The minimum absolute atomic E-state index is 0.00832. The first-order valence-corrected chi connectivity index (χ1v) is 8.34. The summed E-state index contributed by atoms with van der Waals surface area (Å²) < 4.78 is 0. The zero-order valence-electron chi connectivity index (χ0n) is 13.7. The molecule has 0 bridgehead atoms. The second-order valence-electron chi connectivity index (χ2n) is 6.13. The van der Waals surface area contributed by atoms with Crippen LogP contribution in [0.4, 0.5) is 0 Å². The molecular formula is C16H33N3O. The Bertz CT molecular complexity index is 279. The molecule has 0 aromatic carbocycles. The van der Waals surface area contributed by atoms with Gasteiger partial charge in [-0.3, -0.25) is 4.79 Å². The van der Waals surface area contributed by atoms with Gasteiger partial charge in [-0.1, -0.05) is 20.8 Å². The van der Waals surface area contributed by atoms with Crippen molar-refractivity contribution in [3.63, 3.8) is 0 Å². The summed E-state index contributed by atoms with van der Waals surface area (Å²) in [4.78, 5) is 14.7. The number of hydrogen-bond donors (Lipinski definition) is 2. The van der Waals surface area contributed by atoms with Gasteiger partial charge < -0.3 is 15.5 Å². The average molecular weight is 283 g/mol. The third-order valence-corrected chi connectivity index (χ3v) is 4.45. The molecule has 20 heavy (non-hydrogen) atoms. The van der Waals surface area contributed by atoms with Gasteiger partial charge in [0.25, 0.3) is 0 Å². The van der Waals surface area contributed by atoms with E-state index < -0.39 is 0 Å². The Hall–Kier alpha value is -0.610. The van der Waals surface area contributed by atoms with Gasteiger partial charge in [-0.2, -0.15) is 0 Å². The quantitative estimate of drug-likeness (QED) is 0.716. The van der Waals surface area contributed by atoms with Crippen LogP contribution < -0.4 is 10.6 Å². The van der Waals surface area contributed by atoms with Crippen LogP contribution in [0.25, 0.3) is 0 Å². The average Bonchev–Trinajstić information content (AvgIpc) is 2.44. The summed E-state index contributed by atoms with van der Waals surface area (Å²) in [5.41, 5.74) is 0. The molecule has 0 radical (unpaired) electrons. The summed E-state index contributed by atoms with van der Waals surface area (Å²) in [6.45, 7) is 13.0. The first-order chi connectivity index (χ1) is 9.58. The molecule has 1 heterocycles. The van der Waals surface area contributed by atoms with Crippen LogP contribution in [0, 0.1) is 5.92 Å². The number of nitrogens with zero attached hydrogens (tertiary/aromatic N) is 1. The van der Waals surface area contributed by atoms with Crippen molar-refractivity contribution in [2.24, 2.45) is 5.92 Å². The van der Waals surface area contributed by atoms with Gasteiger partial charge in [0.1, 0.15) is 0 Å². The van der Waals surface area contributed by atoms with E-state index in [-0.39, 0.29) is 18.0 Å². The number of rotatable bonds is 8. The predicted octanol–water partition coefficient (Wildman–Crippen LogP) is 2.00. The lowest BCUT2D eigenvalue weighted by atomic mass is 9.92. The zero-order valence-corrected chi connectivity index (χ0v) is 13.7. The molecule has 3 unspecified atom stereocenters. The molecule has 2 N–H and O–H groups in total. The van der Waals surface area contributed by atoms with Gasteiger partial charge in [0, 0.05) is 6.04 Å². The van der Waals surface area contributed by atoms with E-state index in [9.17, 15) is 4.79 Å². The minimum atomic E-state index is 0.00832. The van der Waals surface area contributed by atoms with Gasteiger partial charge in [-0.15, -0.1) is 0 Å². The highest BCUT2D eigenvalue weighted by Crippen LogP contribution is 2.15. The number of piperidine rings is 1. The first-order valence-electron chi connectivity index (χ1n) is 8.34. The van der Waals surface area contributed by atoms with Crippen LogP contribution in [0.2, 0.25) is 0 Å². The van der Waals surface area contributed by atoms with Gasteiger partial charge >= 0.3 is 0 Å². The fourth-order valence-electron chi connectivity index (χ4n) is 2.97. The molecule has 1 aliphatic rings. The Morgan fingerprint density at radius 2 is 2.10 bits per heavy atom. The smallest absolute Gasteiger partial charge is 0.237 e. The van der Waals surface area contributed by atoms with Crippen molar-refractivity contribution in [2.45, 2.75) is 65.5 Å². The van der Waals surface area contributed by atoms with E-state index in [4.69, 9.17) is 0 Å². The largest absolute Gasteiger partial charge is 0.352 e. The Balaban J connectivity index is 2.23. The Kier molecular flexibility index (Phi) is 8.15. The maximum Gasteiger partial charge on any atom is 0.237 e. The highest BCUT2D eigenvalue weighted by molar-refractivity contribution is 5.82. The fraction of sp³-hybridized carbons (Fsp3) is 0.938. The molecule has 4 heteroatoms. The van der Waals surface area contributed by atoms with Gasteiger partial charge in [-0.05, 0) is 64.7 Å². The molecule has 4 nitrogen and oxygen atoms in total. The van der Waals surface area contributed by atoms with Crippen LogP contribution >= 0.6 is 0 Å². The highest BCUT2D eigenvalue weighted by atomic mass is 16.2. The molecule has 0 aromatic heterocycles. The van der Waals surface area contributed by atoms with Crippen molar-refractivity contribution in [2.75, 3.05) is 26.2 Å². The van der Waals surface area contributed by atoms with E-state index >= 15 is 0 Å². The normalized spacial score (nSPS) is 24.6. The molecule has 0 saturated carbocycles.